The van der Waals surface area contributed by atoms with Gasteiger partial charge in [-0.1, -0.05) is 22.0 Å². The lowest BCUT2D eigenvalue weighted by Gasteiger charge is -1.98. The number of hydrogen-bond donors (Lipinski definition) is 1. The van der Waals surface area contributed by atoms with Crippen LogP contribution in [-0.4, -0.2) is 31.2 Å². The predicted molar refractivity (Wildman–Crippen MR) is 70.0 cm³/mol. The van der Waals surface area contributed by atoms with E-state index in [-0.39, 0.29) is 5.78 Å². The number of rotatable bonds is 3. The first-order chi connectivity index (χ1) is 7.87. The second-order valence-electron chi connectivity index (χ2n) is 3.89. The number of aromatic amines is 1. The molecule has 0 saturated heterocycles. The van der Waals surface area contributed by atoms with Gasteiger partial charge in [0, 0.05) is 33.4 Å². The molecule has 17 heavy (non-hydrogen) atoms. The smallest absolute Gasteiger partial charge is 0.179 e. The molecule has 6 heteroatoms. The fraction of sp³-hybridized carbons (Fsp3) is 0.182. The van der Waals surface area contributed by atoms with Crippen LogP contribution in [0.2, 0.25) is 0 Å². The molecule has 0 unspecified atom stereocenters. The maximum atomic E-state index is 11.8. The van der Waals surface area contributed by atoms with E-state index in [1.54, 1.807) is 12.3 Å². The van der Waals surface area contributed by atoms with E-state index in [2.05, 4.69) is 20.9 Å². The van der Waals surface area contributed by atoms with Crippen LogP contribution < -0.4 is 0 Å². The summed E-state index contributed by atoms with van der Waals surface area (Å²) in [5.74, 6) is -0.850. The number of benzene rings is 1. The lowest BCUT2D eigenvalue weighted by Crippen LogP contribution is -2.14. The molecule has 4 nitrogen and oxygen atoms in total. The quantitative estimate of drug-likeness (QED) is 0.883. The van der Waals surface area contributed by atoms with E-state index in [9.17, 15) is 13.2 Å². The zero-order valence-corrected chi connectivity index (χ0v) is 11.4. The van der Waals surface area contributed by atoms with Crippen molar-refractivity contribution in [1.29, 1.82) is 0 Å². The van der Waals surface area contributed by atoms with Crippen molar-refractivity contribution in [3.63, 3.8) is 0 Å². The molecule has 0 fully saturated rings. The Balaban J connectivity index is 2.46. The fourth-order valence-corrected chi connectivity index (χ4v) is 2.64. The van der Waals surface area contributed by atoms with Crippen molar-refractivity contribution in [1.82, 2.24) is 4.98 Å². The van der Waals surface area contributed by atoms with E-state index >= 15 is 0 Å². The lowest BCUT2D eigenvalue weighted by molar-refractivity contribution is 0.102. The third kappa shape index (κ3) is 2.76. The lowest BCUT2D eigenvalue weighted by atomic mass is 10.1. The van der Waals surface area contributed by atoms with Crippen LogP contribution in [0.3, 0.4) is 0 Å². The molecule has 0 saturated carbocycles. The van der Waals surface area contributed by atoms with E-state index in [1.165, 1.54) is 0 Å². The van der Waals surface area contributed by atoms with Gasteiger partial charge >= 0.3 is 0 Å². The Labute approximate surface area is 107 Å². The Kier molecular flexibility index (Phi) is 3.09. The summed E-state index contributed by atoms with van der Waals surface area (Å²) in [7, 11) is -3.30. The number of H-pyrrole nitrogens is 1. The van der Waals surface area contributed by atoms with Crippen molar-refractivity contribution in [2.24, 2.45) is 0 Å². The van der Waals surface area contributed by atoms with Gasteiger partial charge in [-0.2, -0.15) is 0 Å². The van der Waals surface area contributed by atoms with Crippen molar-refractivity contribution in [3.8, 4) is 0 Å². The summed E-state index contributed by atoms with van der Waals surface area (Å²) in [6.45, 7) is 0. The highest BCUT2D eigenvalue weighted by atomic mass is 79.9. The average Bonchev–Trinajstić information content (AvgIpc) is 2.57. The van der Waals surface area contributed by atoms with Crippen molar-refractivity contribution >= 4 is 42.5 Å². The Hall–Kier alpha value is -1.14. The molecule has 0 bridgehead atoms. The van der Waals surface area contributed by atoms with Crippen molar-refractivity contribution in [3.05, 3.63) is 34.4 Å². The van der Waals surface area contributed by atoms with Gasteiger partial charge in [0.1, 0.15) is 5.75 Å². The Morgan fingerprint density at radius 3 is 2.76 bits per heavy atom. The molecular formula is C11H10BrNO3S. The second kappa shape index (κ2) is 4.27. The average molecular weight is 316 g/mol. The van der Waals surface area contributed by atoms with Gasteiger partial charge < -0.3 is 4.98 Å². The minimum absolute atomic E-state index is 0.388. The van der Waals surface area contributed by atoms with E-state index in [4.69, 9.17) is 0 Å². The highest BCUT2D eigenvalue weighted by Crippen LogP contribution is 2.22. The molecule has 1 heterocycles. The first-order valence-corrected chi connectivity index (χ1v) is 7.70. The minimum Gasteiger partial charge on any atom is -0.360 e. The first-order valence-electron chi connectivity index (χ1n) is 4.84. The molecule has 0 radical (unpaired) electrons. The molecule has 1 N–H and O–H groups in total. The van der Waals surface area contributed by atoms with E-state index in [0.29, 0.717) is 5.56 Å². The van der Waals surface area contributed by atoms with Crippen LogP contribution in [0.15, 0.2) is 28.9 Å². The molecule has 0 aliphatic heterocycles. The second-order valence-corrected chi connectivity index (χ2v) is 6.94. The third-order valence-corrected chi connectivity index (χ3v) is 3.62. The first kappa shape index (κ1) is 12.3. The van der Waals surface area contributed by atoms with E-state index in [0.717, 1.165) is 21.6 Å². The van der Waals surface area contributed by atoms with Crippen LogP contribution in [0, 0.1) is 0 Å². The number of carbonyl (C=O) groups excluding carboxylic acids is 1. The number of aromatic nitrogens is 1. The molecule has 90 valence electrons. The van der Waals surface area contributed by atoms with Crippen LogP contribution in [0.4, 0.5) is 0 Å². The van der Waals surface area contributed by atoms with Gasteiger partial charge in [-0.15, -0.1) is 0 Å². The van der Waals surface area contributed by atoms with Crippen molar-refractivity contribution in [2.75, 3.05) is 12.0 Å². The van der Waals surface area contributed by atoms with Crippen molar-refractivity contribution in [2.45, 2.75) is 0 Å². The molecule has 0 amide bonds. The number of carbonyl (C=O) groups is 1. The predicted octanol–water partition coefficient (Wildman–Crippen LogP) is 2.16. The normalized spacial score (nSPS) is 11.9. The molecule has 0 atom stereocenters. The van der Waals surface area contributed by atoms with Gasteiger partial charge in [0.15, 0.2) is 15.6 Å². The van der Waals surface area contributed by atoms with Crippen LogP contribution in [0.5, 0.6) is 0 Å². The van der Waals surface area contributed by atoms with Crippen LogP contribution >= 0.6 is 15.9 Å². The van der Waals surface area contributed by atoms with Crippen molar-refractivity contribution < 1.29 is 13.2 Å². The highest BCUT2D eigenvalue weighted by molar-refractivity contribution is 9.10. The fourth-order valence-electron chi connectivity index (χ4n) is 1.65. The van der Waals surface area contributed by atoms with Gasteiger partial charge in [0.25, 0.3) is 0 Å². The summed E-state index contributed by atoms with van der Waals surface area (Å²) in [5, 5.41) is 0.738. The van der Waals surface area contributed by atoms with Crippen LogP contribution in [0.1, 0.15) is 10.4 Å². The van der Waals surface area contributed by atoms with Gasteiger partial charge in [-0.3, -0.25) is 4.79 Å². The number of ketones is 1. The SMILES string of the molecule is CS(=O)(=O)CC(=O)c1c[nH]c2cc(Br)ccc12. The van der Waals surface area contributed by atoms with Gasteiger partial charge in [0.05, 0.1) is 0 Å². The minimum atomic E-state index is -3.30. The number of sulfone groups is 1. The Morgan fingerprint density at radius 1 is 1.41 bits per heavy atom. The summed E-state index contributed by atoms with van der Waals surface area (Å²) >= 11 is 3.33. The molecule has 2 aromatic rings. The van der Waals surface area contributed by atoms with Gasteiger partial charge in [0.2, 0.25) is 0 Å². The van der Waals surface area contributed by atoms with Crippen LogP contribution in [0.25, 0.3) is 10.9 Å². The molecule has 0 aliphatic carbocycles. The highest BCUT2D eigenvalue weighted by Gasteiger charge is 2.16. The zero-order valence-electron chi connectivity index (χ0n) is 9.03. The number of fused-ring (bicyclic) bond motifs is 1. The molecule has 2 rings (SSSR count). The standard InChI is InChI=1S/C11H10BrNO3S/c1-17(15,16)6-11(14)9-5-13-10-4-7(12)2-3-8(9)10/h2-5,13H,6H2,1H3. The zero-order chi connectivity index (χ0) is 12.6. The summed E-state index contributed by atoms with van der Waals surface area (Å²) in [6.07, 6.45) is 2.60. The summed E-state index contributed by atoms with van der Waals surface area (Å²) in [6, 6.07) is 5.44. The molecule has 0 aliphatic rings. The summed E-state index contributed by atoms with van der Waals surface area (Å²) in [4.78, 5) is 14.8. The maximum Gasteiger partial charge on any atom is 0.179 e. The van der Waals surface area contributed by atoms with Gasteiger partial charge in [-0.05, 0) is 12.1 Å². The van der Waals surface area contributed by atoms with Crippen LogP contribution in [-0.2, 0) is 9.84 Å². The monoisotopic (exact) mass is 315 g/mol. The maximum absolute atomic E-state index is 11.8. The molecule has 0 spiro atoms. The van der Waals surface area contributed by atoms with E-state index in [1.807, 2.05) is 12.1 Å². The van der Waals surface area contributed by atoms with E-state index < -0.39 is 15.6 Å². The molecule has 1 aromatic carbocycles. The Morgan fingerprint density at radius 2 is 2.12 bits per heavy atom. The summed E-state index contributed by atoms with van der Waals surface area (Å²) < 4.78 is 23.1. The topological polar surface area (TPSA) is 67.0 Å². The molecule has 1 aromatic heterocycles. The number of Topliss-reactive ketones (excluding diaryl/α,β-unsaturated/α-hetero) is 1. The summed E-state index contributed by atoms with van der Waals surface area (Å²) in [5.41, 5.74) is 1.22. The number of nitrogens with one attached hydrogen (secondary N) is 1. The number of halogens is 1. The largest absolute Gasteiger partial charge is 0.360 e. The third-order valence-electron chi connectivity index (χ3n) is 2.34. The van der Waals surface area contributed by atoms with Gasteiger partial charge in [-0.25, -0.2) is 8.42 Å². The number of hydrogen-bond acceptors (Lipinski definition) is 3. The molecular weight excluding hydrogens is 306 g/mol. The Bertz CT molecular complexity index is 688.